The highest BCUT2D eigenvalue weighted by Crippen LogP contribution is 2.35. The Balaban J connectivity index is 1.82. The van der Waals surface area contributed by atoms with Crippen LogP contribution in [-0.4, -0.2) is 4.98 Å². The van der Waals surface area contributed by atoms with E-state index in [9.17, 15) is 4.39 Å². The molecule has 0 amide bonds. The molecule has 2 heterocycles. The fraction of sp³-hybridized carbons (Fsp3) is 0.143. The second-order valence-corrected chi connectivity index (χ2v) is 6.31. The molecule has 0 atom stereocenters. The number of fused-ring (bicyclic) bond motifs is 1. The van der Waals surface area contributed by atoms with E-state index in [0.717, 1.165) is 44.8 Å². The normalized spacial score (nSPS) is 11.3. The molecular formula is C21H18FNO. The lowest BCUT2D eigenvalue weighted by atomic mass is 10.1. The van der Waals surface area contributed by atoms with Gasteiger partial charge in [0.2, 0.25) is 0 Å². The minimum absolute atomic E-state index is 0.234. The molecule has 0 unspecified atom stereocenters. The molecule has 4 rings (SSSR count). The molecule has 2 nitrogen and oxygen atoms in total. The predicted molar refractivity (Wildman–Crippen MR) is 95.6 cm³/mol. The lowest BCUT2D eigenvalue weighted by molar-refractivity contribution is 0.614. The number of H-pyrrole nitrogens is 1. The number of furan rings is 1. The number of halogens is 1. The van der Waals surface area contributed by atoms with Crippen LogP contribution in [0.5, 0.6) is 0 Å². The first kappa shape index (κ1) is 14.8. The van der Waals surface area contributed by atoms with Gasteiger partial charge in [0, 0.05) is 16.6 Å². The highest BCUT2D eigenvalue weighted by atomic mass is 19.1. The van der Waals surface area contributed by atoms with Crippen molar-refractivity contribution in [3.05, 3.63) is 71.0 Å². The highest BCUT2D eigenvalue weighted by Gasteiger charge is 2.16. The fourth-order valence-electron chi connectivity index (χ4n) is 3.13. The molecule has 0 spiro atoms. The third-order valence-corrected chi connectivity index (χ3v) is 4.48. The zero-order valence-electron chi connectivity index (χ0n) is 13.9. The number of aromatic amines is 1. The molecule has 0 radical (unpaired) electrons. The van der Waals surface area contributed by atoms with E-state index in [1.807, 2.05) is 26.0 Å². The standard InChI is InChI=1S/C21H18FNO/c1-12-4-6-15(7-5-12)18-8-9-19(23-18)21-14(3)17-11-16(22)10-13(2)20(17)24-21/h4-11,23H,1-3H3. The molecule has 120 valence electrons. The van der Waals surface area contributed by atoms with Crippen LogP contribution in [0.2, 0.25) is 0 Å². The van der Waals surface area contributed by atoms with E-state index in [1.165, 1.54) is 17.7 Å². The third-order valence-electron chi connectivity index (χ3n) is 4.48. The van der Waals surface area contributed by atoms with Gasteiger partial charge in [0.15, 0.2) is 5.76 Å². The SMILES string of the molecule is Cc1ccc(-c2ccc(-c3oc4c(C)cc(F)cc4c3C)[nH]2)cc1. The Morgan fingerprint density at radius 2 is 1.58 bits per heavy atom. The smallest absolute Gasteiger partial charge is 0.154 e. The summed E-state index contributed by atoms with van der Waals surface area (Å²) < 4.78 is 19.7. The summed E-state index contributed by atoms with van der Waals surface area (Å²) in [6.45, 7) is 5.90. The van der Waals surface area contributed by atoms with Crippen LogP contribution in [0.1, 0.15) is 16.7 Å². The zero-order chi connectivity index (χ0) is 16.8. The van der Waals surface area contributed by atoms with Crippen LogP contribution in [0.3, 0.4) is 0 Å². The molecule has 0 bridgehead atoms. The van der Waals surface area contributed by atoms with Crippen molar-refractivity contribution in [2.24, 2.45) is 0 Å². The Hall–Kier alpha value is -2.81. The first-order valence-corrected chi connectivity index (χ1v) is 7.98. The molecule has 0 fully saturated rings. The molecule has 0 aliphatic carbocycles. The number of hydrogen-bond donors (Lipinski definition) is 1. The van der Waals surface area contributed by atoms with Gasteiger partial charge in [-0.2, -0.15) is 0 Å². The van der Waals surface area contributed by atoms with Crippen molar-refractivity contribution < 1.29 is 8.81 Å². The van der Waals surface area contributed by atoms with Gasteiger partial charge in [0.05, 0.1) is 5.69 Å². The monoisotopic (exact) mass is 319 g/mol. The minimum Gasteiger partial charge on any atom is -0.454 e. The quantitative estimate of drug-likeness (QED) is 0.471. The van der Waals surface area contributed by atoms with Gasteiger partial charge in [-0.25, -0.2) is 4.39 Å². The summed E-state index contributed by atoms with van der Waals surface area (Å²) in [4.78, 5) is 3.41. The van der Waals surface area contributed by atoms with Crippen LogP contribution in [0, 0.1) is 26.6 Å². The van der Waals surface area contributed by atoms with Crippen LogP contribution in [-0.2, 0) is 0 Å². The number of aromatic nitrogens is 1. The van der Waals surface area contributed by atoms with Crippen LogP contribution in [0.25, 0.3) is 33.7 Å². The summed E-state index contributed by atoms with van der Waals surface area (Å²) in [6, 6.07) is 15.5. The van der Waals surface area contributed by atoms with E-state index in [1.54, 1.807) is 0 Å². The molecule has 0 saturated heterocycles. The Bertz CT molecular complexity index is 1040. The molecule has 0 saturated carbocycles. The van der Waals surface area contributed by atoms with Crippen molar-refractivity contribution in [2.45, 2.75) is 20.8 Å². The summed E-state index contributed by atoms with van der Waals surface area (Å²) >= 11 is 0. The lowest BCUT2D eigenvalue weighted by Gasteiger charge is -1.99. The number of hydrogen-bond acceptors (Lipinski definition) is 1. The first-order chi connectivity index (χ1) is 11.5. The van der Waals surface area contributed by atoms with Gasteiger partial charge in [0.1, 0.15) is 11.4 Å². The van der Waals surface area contributed by atoms with E-state index in [2.05, 4.69) is 36.2 Å². The van der Waals surface area contributed by atoms with Gasteiger partial charge in [-0.05, 0) is 56.2 Å². The molecule has 0 aliphatic heterocycles. The molecule has 3 heteroatoms. The van der Waals surface area contributed by atoms with Crippen molar-refractivity contribution in [3.8, 4) is 22.7 Å². The molecule has 2 aromatic heterocycles. The number of nitrogens with one attached hydrogen (secondary N) is 1. The largest absolute Gasteiger partial charge is 0.454 e. The number of rotatable bonds is 2. The van der Waals surface area contributed by atoms with Crippen molar-refractivity contribution in [2.75, 3.05) is 0 Å². The maximum Gasteiger partial charge on any atom is 0.154 e. The second kappa shape index (κ2) is 5.38. The summed E-state index contributed by atoms with van der Waals surface area (Å²) in [7, 11) is 0. The average Bonchev–Trinajstić information content (AvgIpc) is 3.14. The molecule has 0 aliphatic rings. The molecule has 4 aromatic rings. The number of benzene rings is 2. The van der Waals surface area contributed by atoms with E-state index < -0.39 is 0 Å². The van der Waals surface area contributed by atoms with Crippen LogP contribution in [0.15, 0.2) is 52.9 Å². The van der Waals surface area contributed by atoms with Crippen molar-refractivity contribution >= 4 is 11.0 Å². The van der Waals surface area contributed by atoms with Crippen molar-refractivity contribution in [3.63, 3.8) is 0 Å². The van der Waals surface area contributed by atoms with Gasteiger partial charge in [-0.15, -0.1) is 0 Å². The minimum atomic E-state index is -0.234. The maximum absolute atomic E-state index is 13.7. The van der Waals surface area contributed by atoms with Gasteiger partial charge >= 0.3 is 0 Å². The fourth-order valence-corrected chi connectivity index (χ4v) is 3.13. The van der Waals surface area contributed by atoms with Crippen LogP contribution < -0.4 is 0 Å². The van der Waals surface area contributed by atoms with E-state index in [4.69, 9.17) is 4.42 Å². The molecule has 2 aromatic carbocycles. The van der Waals surface area contributed by atoms with E-state index in [0.29, 0.717) is 0 Å². The van der Waals surface area contributed by atoms with Crippen molar-refractivity contribution in [1.82, 2.24) is 4.98 Å². The van der Waals surface area contributed by atoms with Crippen molar-refractivity contribution in [1.29, 1.82) is 0 Å². The number of aryl methyl sites for hydroxylation is 3. The first-order valence-electron chi connectivity index (χ1n) is 7.98. The van der Waals surface area contributed by atoms with Gasteiger partial charge in [-0.3, -0.25) is 0 Å². The summed E-state index contributed by atoms with van der Waals surface area (Å²) in [5, 5.41) is 0.828. The van der Waals surface area contributed by atoms with Crippen LogP contribution in [0.4, 0.5) is 4.39 Å². The predicted octanol–water partition coefficient (Wildman–Crippen LogP) is 6.16. The molecule has 1 N–H and O–H groups in total. The summed E-state index contributed by atoms with van der Waals surface area (Å²) in [5.74, 6) is 0.527. The van der Waals surface area contributed by atoms with Crippen LogP contribution >= 0.6 is 0 Å². The average molecular weight is 319 g/mol. The molecular weight excluding hydrogens is 301 g/mol. The van der Waals surface area contributed by atoms with E-state index >= 15 is 0 Å². The Kier molecular flexibility index (Phi) is 3.31. The zero-order valence-corrected chi connectivity index (χ0v) is 13.9. The Labute approximate surface area is 139 Å². The maximum atomic E-state index is 13.7. The Morgan fingerprint density at radius 3 is 2.33 bits per heavy atom. The van der Waals surface area contributed by atoms with Gasteiger partial charge < -0.3 is 9.40 Å². The Morgan fingerprint density at radius 1 is 0.875 bits per heavy atom. The van der Waals surface area contributed by atoms with Gasteiger partial charge in [0.25, 0.3) is 0 Å². The summed E-state index contributed by atoms with van der Waals surface area (Å²) in [5.41, 5.74) is 6.80. The van der Waals surface area contributed by atoms with E-state index in [-0.39, 0.29) is 5.82 Å². The summed E-state index contributed by atoms with van der Waals surface area (Å²) in [6.07, 6.45) is 0. The third kappa shape index (κ3) is 2.33. The van der Waals surface area contributed by atoms with Gasteiger partial charge in [-0.1, -0.05) is 29.8 Å². The lowest BCUT2D eigenvalue weighted by Crippen LogP contribution is -1.81. The molecule has 24 heavy (non-hydrogen) atoms. The highest BCUT2D eigenvalue weighted by molar-refractivity contribution is 5.89. The second-order valence-electron chi connectivity index (χ2n) is 6.31. The topological polar surface area (TPSA) is 28.9 Å².